The van der Waals surface area contributed by atoms with Gasteiger partial charge in [0.15, 0.2) is 0 Å². The van der Waals surface area contributed by atoms with Crippen LogP contribution in [0.5, 0.6) is 0 Å². The predicted octanol–water partition coefficient (Wildman–Crippen LogP) is 4.13. The van der Waals surface area contributed by atoms with E-state index in [2.05, 4.69) is 18.3 Å². The van der Waals surface area contributed by atoms with Crippen molar-refractivity contribution in [2.24, 2.45) is 5.41 Å². The molecule has 1 radical (unpaired) electrons. The number of nitrogens with zero attached hydrogens (tertiary/aromatic N) is 1. The zero-order valence-electron chi connectivity index (χ0n) is 18.4. The smallest absolute Gasteiger partial charge is 0.329 e. The summed E-state index contributed by atoms with van der Waals surface area (Å²) in [6.07, 6.45) is 4.60. The average Bonchev–Trinajstić information content (AvgIpc) is 3.04. The summed E-state index contributed by atoms with van der Waals surface area (Å²) < 4.78 is 5.74. The molecule has 2 fully saturated rings. The molecule has 1 saturated heterocycles. The van der Waals surface area contributed by atoms with Crippen molar-refractivity contribution < 1.29 is 52.1 Å². The first-order valence-electron chi connectivity index (χ1n) is 11.0. The Bertz CT molecular complexity index is 933. The van der Waals surface area contributed by atoms with Gasteiger partial charge < -0.3 is 9.84 Å². The Balaban J connectivity index is 0.00000289. The quantitative estimate of drug-likeness (QED) is 0.393. The van der Waals surface area contributed by atoms with Crippen molar-refractivity contribution in [3.05, 3.63) is 65.7 Å². The Morgan fingerprint density at radius 1 is 1.28 bits per heavy atom. The van der Waals surface area contributed by atoms with Crippen molar-refractivity contribution in [2.75, 3.05) is 11.5 Å². The third-order valence-corrected chi connectivity index (χ3v) is 6.52. The molecule has 4 rings (SSSR count). The Kier molecular flexibility index (Phi) is 8.62. The van der Waals surface area contributed by atoms with Crippen LogP contribution in [-0.2, 0) is 48.8 Å². The second-order valence-electron chi connectivity index (χ2n) is 8.57. The Morgan fingerprint density at radius 2 is 2.09 bits per heavy atom. The van der Waals surface area contributed by atoms with Gasteiger partial charge in [-0.3, -0.25) is 15.0 Å². The van der Waals surface area contributed by atoms with Crippen molar-refractivity contribution in [3.63, 3.8) is 0 Å². The third kappa shape index (κ3) is 5.14. The number of aliphatic hydroxyl groups is 1. The molecule has 7 heteroatoms. The van der Waals surface area contributed by atoms with E-state index < -0.39 is 18.2 Å². The van der Waals surface area contributed by atoms with Gasteiger partial charge in [-0.25, -0.2) is 4.79 Å². The van der Waals surface area contributed by atoms with E-state index in [1.807, 2.05) is 42.5 Å². The molecule has 1 aliphatic carbocycles. The van der Waals surface area contributed by atoms with Crippen molar-refractivity contribution in [2.45, 2.75) is 57.8 Å². The number of rotatable bonds is 9. The number of carbonyl (C=O) groups is 2. The number of ether oxygens (including phenoxy) is 1. The summed E-state index contributed by atoms with van der Waals surface area (Å²) >= 11 is 0. The minimum atomic E-state index is -0.749. The molecule has 2 aromatic rings. The maximum Gasteiger partial charge on any atom is 0.329 e. The number of hydrogen-bond donors (Lipinski definition) is 2. The van der Waals surface area contributed by atoms with Crippen molar-refractivity contribution in [1.29, 1.82) is 0 Å². The first-order chi connectivity index (χ1) is 15.0. The van der Waals surface area contributed by atoms with Crippen molar-refractivity contribution in [1.82, 2.24) is 5.32 Å². The molecule has 0 aromatic heterocycles. The van der Waals surface area contributed by atoms with Gasteiger partial charge in [0.2, 0.25) is 0 Å². The number of carbonyl (C=O) groups excluding carboxylic acids is 2. The Labute approximate surface area is 214 Å². The van der Waals surface area contributed by atoms with Crippen LogP contribution in [-0.4, -0.2) is 29.7 Å². The number of urea groups is 1. The molecule has 2 atom stereocenters. The molecule has 32 heavy (non-hydrogen) atoms. The van der Waals surface area contributed by atoms with Gasteiger partial charge in [-0.15, -0.1) is 5.56 Å². The van der Waals surface area contributed by atoms with Gasteiger partial charge >= 0.3 is 6.03 Å². The van der Waals surface area contributed by atoms with Gasteiger partial charge in [-0.2, -0.15) is 30.3 Å². The maximum atomic E-state index is 12.5. The second-order valence-corrected chi connectivity index (χ2v) is 8.57. The van der Waals surface area contributed by atoms with Crippen LogP contribution in [0.2, 0.25) is 0 Å². The zero-order chi connectivity index (χ0) is 21.8. The summed E-state index contributed by atoms with van der Waals surface area (Å²) in [7, 11) is 0. The standard InChI is InChI=1S/C25H29N2O4.Y/c1-2-12-25(13-7-14-25)22(28)19-10-6-11-20(15-19)27-21(23(29)26-24(27)30)17-31-16-18-8-4-3-5-9-18;/h3-4,6,8-11,15,21-22,28H,2,7,12-14,16-17H2,1H3,(H,26,29,30);/q-1;. The molecular weight excluding hydrogens is 481 g/mol. The number of amides is 3. The molecule has 6 nitrogen and oxygen atoms in total. The van der Waals surface area contributed by atoms with Crippen LogP contribution < -0.4 is 10.2 Å². The minimum Gasteiger partial charge on any atom is -0.388 e. The van der Waals surface area contributed by atoms with Crippen LogP contribution in [0.15, 0.2) is 48.5 Å². The van der Waals surface area contributed by atoms with Crippen LogP contribution in [0.3, 0.4) is 0 Å². The fraction of sp³-hybridized carbons (Fsp3) is 0.440. The molecule has 0 bridgehead atoms. The first-order valence-corrected chi connectivity index (χ1v) is 11.0. The van der Waals surface area contributed by atoms with Crippen molar-refractivity contribution >= 4 is 17.6 Å². The molecule has 1 heterocycles. The molecule has 2 N–H and O–H groups in total. The van der Waals surface area contributed by atoms with Crippen LogP contribution in [0, 0.1) is 11.5 Å². The minimum absolute atomic E-state index is 0. The molecule has 3 amide bonds. The zero-order valence-corrected chi connectivity index (χ0v) is 21.3. The largest absolute Gasteiger partial charge is 0.388 e. The summed E-state index contributed by atoms with van der Waals surface area (Å²) in [4.78, 5) is 26.4. The molecule has 2 aromatic carbocycles. The normalized spacial score (nSPS) is 20.3. The Hall–Kier alpha value is -1.60. The van der Waals surface area contributed by atoms with Gasteiger partial charge in [0, 0.05) is 50.4 Å². The van der Waals surface area contributed by atoms with Gasteiger partial charge in [0.1, 0.15) is 6.04 Å². The van der Waals surface area contributed by atoms with E-state index in [1.165, 1.54) is 4.90 Å². The van der Waals surface area contributed by atoms with Gasteiger partial charge in [-0.05, 0) is 37.0 Å². The van der Waals surface area contributed by atoms with Gasteiger partial charge in [-0.1, -0.05) is 31.9 Å². The van der Waals surface area contributed by atoms with Crippen LogP contribution in [0.4, 0.5) is 10.5 Å². The maximum absolute atomic E-state index is 12.5. The van der Waals surface area contributed by atoms with E-state index in [0.29, 0.717) is 12.3 Å². The van der Waals surface area contributed by atoms with E-state index in [4.69, 9.17) is 4.74 Å². The monoisotopic (exact) mass is 510 g/mol. The molecule has 0 spiro atoms. The van der Waals surface area contributed by atoms with E-state index in [9.17, 15) is 14.7 Å². The molecule has 167 valence electrons. The van der Waals surface area contributed by atoms with Gasteiger partial charge in [0.25, 0.3) is 5.91 Å². The number of aliphatic hydroxyl groups excluding tert-OH is 1. The van der Waals surface area contributed by atoms with E-state index in [-0.39, 0.29) is 50.6 Å². The number of anilines is 1. The van der Waals surface area contributed by atoms with Crippen LogP contribution in [0.25, 0.3) is 0 Å². The first kappa shape index (κ1) is 25.0. The number of imide groups is 1. The third-order valence-electron chi connectivity index (χ3n) is 6.52. The van der Waals surface area contributed by atoms with E-state index in [0.717, 1.165) is 43.2 Å². The van der Waals surface area contributed by atoms with Crippen LogP contribution >= 0.6 is 0 Å². The summed E-state index contributed by atoms with van der Waals surface area (Å²) in [6.45, 7) is 2.56. The summed E-state index contributed by atoms with van der Waals surface area (Å²) in [5.41, 5.74) is 2.25. The van der Waals surface area contributed by atoms with Crippen molar-refractivity contribution in [3.8, 4) is 0 Å². The van der Waals surface area contributed by atoms with Gasteiger partial charge in [0.05, 0.1) is 12.7 Å². The second kappa shape index (κ2) is 11.0. The topological polar surface area (TPSA) is 78.9 Å². The molecule has 2 aliphatic rings. The average molecular weight is 510 g/mol. The Morgan fingerprint density at radius 3 is 2.75 bits per heavy atom. The van der Waals surface area contributed by atoms with E-state index >= 15 is 0 Å². The number of nitrogens with one attached hydrogen (secondary N) is 1. The van der Waals surface area contributed by atoms with Crippen LogP contribution in [0.1, 0.15) is 56.3 Å². The predicted molar refractivity (Wildman–Crippen MR) is 117 cm³/mol. The fourth-order valence-electron chi connectivity index (χ4n) is 4.75. The molecule has 2 unspecified atom stereocenters. The molecule has 1 aliphatic heterocycles. The van der Waals surface area contributed by atoms with E-state index in [1.54, 1.807) is 6.07 Å². The fourth-order valence-corrected chi connectivity index (χ4v) is 4.75. The molecule has 1 saturated carbocycles. The summed E-state index contributed by atoms with van der Waals surface area (Å²) in [5, 5.41) is 13.5. The summed E-state index contributed by atoms with van der Waals surface area (Å²) in [5.74, 6) is -0.378. The summed E-state index contributed by atoms with van der Waals surface area (Å²) in [6, 6.07) is 16.6. The number of benzene rings is 2. The molecular formula is C25H29N2O4Y-. The SMILES string of the molecule is CCCC1(C(O)c2cccc(N3C(=O)NC(=O)C3COCc3c[c-]ccc3)c2)CCC1.[Y]. The number of hydrogen-bond acceptors (Lipinski definition) is 4.